The second kappa shape index (κ2) is 29.6. The molecular formula is C50H84O26. The van der Waals surface area contributed by atoms with Gasteiger partial charge in [0.05, 0.1) is 44.7 Å². The standard InChI is InChI=1S/C50H84O26/c1-7-50(6,76-49-44(38(62)33(57)28(19-53)72-49)75-47-42(66)37(61)32(56)27(18-52)71-47)16-10-15-23(3)12-8-11-22(2)13-9-14-24(4)20-67-48-43(74-46-41(65)36(60)31(55)26(17-51)70-46)39(63)34(58)29(73-48)21-68-45-40(64)35(59)30(54)25(5)69-45/h7,11,14-15,25-49,51-66H,1,8-10,12-13,16-21H2,2-6H3/b22-11-,23-15-,24-14+/t25-,26+,27+,28+,29+,30-,31+,32+,33+,34+,35+,36-,37-,38-,39-,40+,41+,42+,43+,44+,45+,46-,47+,48+,49-,50+/m0/s1. The van der Waals surface area contributed by atoms with E-state index in [1.807, 2.05) is 26.0 Å². The minimum absolute atomic E-state index is 0.0806. The summed E-state index contributed by atoms with van der Waals surface area (Å²) in [6.45, 7) is 10.1. The van der Waals surface area contributed by atoms with Gasteiger partial charge in [0, 0.05) is 0 Å². The SMILES string of the molecule is C=C[C@](C)(CC/C=C(/C)CC/C=C(/C)CC/C=C(\C)CO[C@@H]1O[C@H](CO[C@@H]2O[C@@H](C)[C@H](O)[C@@H](O)[C@H]2O)[C@@H](O)[C@H](O)[C@H]1O[C@@H]1O[C@H](CO)[C@@H](O)[C@H](O)[C@H]1O)O[C@@H]1O[C@H](CO)[C@@H](O)[C@H](O)[C@H]1O[C@H]1O[C@H](CO)[C@@H](O)[C@H](O)[C@H]1O. The fraction of sp³-hybridized carbons (Fsp3) is 0.840. The van der Waals surface area contributed by atoms with E-state index in [4.69, 9.17) is 47.4 Å². The van der Waals surface area contributed by atoms with Crippen molar-refractivity contribution in [3.8, 4) is 0 Å². The van der Waals surface area contributed by atoms with E-state index in [-0.39, 0.29) is 6.61 Å². The minimum Gasteiger partial charge on any atom is -0.394 e. The van der Waals surface area contributed by atoms with E-state index >= 15 is 0 Å². The van der Waals surface area contributed by atoms with Crippen LogP contribution in [-0.2, 0) is 47.4 Å². The summed E-state index contributed by atoms with van der Waals surface area (Å²) >= 11 is 0. The van der Waals surface area contributed by atoms with Gasteiger partial charge < -0.3 is 129 Å². The summed E-state index contributed by atoms with van der Waals surface area (Å²) in [7, 11) is 0. The summed E-state index contributed by atoms with van der Waals surface area (Å²) < 4.78 is 57.8. The molecule has 76 heavy (non-hydrogen) atoms. The molecule has 0 aromatic carbocycles. The van der Waals surface area contributed by atoms with Crippen LogP contribution in [0.1, 0.15) is 73.1 Å². The highest BCUT2D eigenvalue weighted by atomic mass is 16.8. The molecule has 0 unspecified atom stereocenters. The lowest BCUT2D eigenvalue weighted by molar-refractivity contribution is -0.375. The van der Waals surface area contributed by atoms with Crippen LogP contribution < -0.4 is 0 Å². The van der Waals surface area contributed by atoms with E-state index in [0.29, 0.717) is 25.7 Å². The van der Waals surface area contributed by atoms with E-state index in [0.717, 1.165) is 29.6 Å². The largest absolute Gasteiger partial charge is 0.394 e. The first-order valence-electron chi connectivity index (χ1n) is 25.7. The van der Waals surface area contributed by atoms with E-state index in [2.05, 4.69) is 12.7 Å². The second-order valence-electron chi connectivity index (χ2n) is 20.6. The van der Waals surface area contributed by atoms with E-state index in [9.17, 15) is 81.7 Å². The van der Waals surface area contributed by atoms with Crippen molar-refractivity contribution in [1.29, 1.82) is 0 Å². The van der Waals surface area contributed by atoms with Crippen LogP contribution in [0.3, 0.4) is 0 Å². The first-order valence-corrected chi connectivity index (χ1v) is 25.7. The van der Waals surface area contributed by atoms with Crippen molar-refractivity contribution in [3.63, 3.8) is 0 Å². The van der Waals surface area contributed by atoms with Crippen LogP contribution in [-0.4, -0.2) is 274 Å². The highest BCUT2D eigenvalue weighted by Gasteiger charge is 2.54. The van der Waals surface area contributed by atoms with Crippen LogP contribution in [0.25, 0.3) is 0 Å². The van der Waals surface area contributed by atoms with Gasteiger partial charge in [0.1, 0.15) is 116 Å². The summed E-state index contributed by atoms with van der Waals surface area (Å²) in [5.74, 6) is 0. The maximum atomic E-state index is 11.3. The van der Waals surface area contributed by atoms with Crippen molar-refractivity contribution in [2.45, 2.75) is 232 Å². The van der Waals surface area contributed by atoms with Gasteiger partial charge in [-0.15, -0.1) is 6.58 Å². The van der Waals surface area contributed by atoms with Crippen LogP contribution in [0.4, 0.5) is 0 Å². The van der Waals surface area contributed by atoms with Gasteiger partial charge in [0.2, 0.25) is 0 Å². The molecule has 0 aliphatic carbocycles. The fourth-order valence-corrected chi connectivity index (χ4v) is 9.28. The van der Waals surface area contributed by atoms with Crippen molar-refractivity contribution in [2.24, 2.45) is 0 Å². The molecule has 26 atom stereocenters. The third kappa shape index (κ3) is 16.3. The van der Waals surface area contributed by atoms with Gasteiger partial charge >= 0.3 is 0 Å². The Kier molecular flexibility index (Phi) is 25.2. The van der Waals surface area contributed by atoms with Crippen LogP contribution in [0.5, 0.6) is 0 Å². The summed E-state index contributed by atoms with van der Waals surface area (Å²) in [5, 5.41) is 166. The third-order valence-electron chi connectivity index (χ3n) is 14.5. The van der Waals surface area contributed by atoms with Gasteiger partial charge in [0.25, 0.3) is 0 Å². The molecule has 26 nitrogen and oxygen atoms in total. The predicted molar refractivity (Wildman–Crippen MR) is 259 cm³/mol. The molecule has 26 heteroatoms. The molecule has 16 N–H and O–H groups in total. The average Bonchev–Trinajstić information content (AvgIpc) is 3.39. The van der Waals surface area contributed by atoms with Crippen LogP contribution >= 0.6 is 0 Å². The molecule has 0 saturated carbocycles. The topological polar surface area (TPSA) is 416 Å². The molecular weight excluding hydrogens is 1020 g/mol. The number of rotatable bonds is 25. The van der Waals surface area contributed by atoms with E-state index < -0.39 is 186 Å². The number of allylic oxidation sites excluding steroid dienone is 5. The molecule has 0 amide bonds. The fourth-order valence-electron chi connectivity index (χ4n) is 9.28. The zero-order valence-corrected chi connectivity index (χ0v) is 43.5. The van der Waals surface area contributed by atoms with Crippen molar-refractivity contribution < 1.29 is 129 Å². The van der Waals surface area contributed by atoms with Crippen molar-refractivity contribution in [2.75, 3.05) is 33.0 Å². The lowest BCUT2D eigenvalue weighted by atomic mass is 9.95. The number of aliphatic hydroxyl groups excluding tert-OH is 16. The molecule has 5 rings (SSSR count). The maximum Gasteiger partial charge on any atom is 0.188 e. The van der Waals surface area contributed by atoms with Gasteiger partial charge in [-0.25, -0.2) is 0 Å². The van der Waals surface area contributed by atoms with Gasteiger partial charge in [-0.1, -0.05) is 41.0 Å². The highest BCUT2D eigenvalue weighted by Crippen LogP contribution is 2.35. The minimum atomic E-state index is -1.86. The molecule has 440 valence electrons. The smallest absolute Gasteiger partial charge is 0.188 e. The van der Waals surface area contributed by atoms with Crippen molar-refractivity contribution in [1.82, 2.24) is 0 Å². The zero-order chi connectivity index (χ0) is 56.3. The Morgan fingerprint density at radius 3 is 1.37 bits per heavy atom. The molecule has 0 radical (unpaired) electrons. The lowest BCUT2D eigenvalue weighted by Crippen LogP contribution is -2.65. The summed E-state index contributed by atoms with van der Waals surface area (Å²) in [6, 6.07) is 0. The summed E-state index contributed by atoms with van der Waals surface area (Å²) in [6.07, 6.45) is -28.1. The molecule has 0 spiro atoms. The molecule has 0 aromatic rings. The Morgan fingerprint density at radius 2 is 0.868 bits per heavy atom. The number of ether oxygens (including phenoxy) is 10. The average molecular weight is 1100 g/mol. The normalized spacial score (nSPS) is 43.9. The molecule has 5 aliphatic rings. The second-order valence-corrected chi connectivity index (χ2v) is 20.6. The number of hydrogen-bond donors (Lipinski definition) is 16. The predicted octanol–water partition coefficient (Wildman–Crippen LogP) is -4.76. The molecule has 5 fully saturated rings. The highest BCUT2D eigenvalue weighted by molar-refractivity contribution is 5.08. The summed E-state index contributed by atoms with van der Waals surface area (Å²) in [4.78, 5) is 0. The molecule has 0 bridgehead atoms. The Bertz CT molecular complexity index is 1860. The zero-order valence-electron chi connectivity index (χ0n) is 43.5. The molecule has 5 aliphatic heterocycles. The Morgan fingerprint density at radius 1 is 0.461 bits per heavy atom. The van der Waals surface area contributed by atoms with Gasteiger partial charge in [-0.05, 0) is 73.1 Å². The first-order chi connectivity index (χ1) is 35.9. The van der Waals surface area contributed by atoms with Crippen molar-refractivity contribution >= 4 is 0 Å². The van der Waals surface area contributed by atoms with Crippen molar-refractivity contribution in [3.05, 3.63) is 47.6 Å². The number of aliphatic hydroxyl groups is 16. The van der Waals surface area contributed by atoms with E-state index in [1.165, 1.54) is 13.0 Å². The Hall–Kier alpha value is -2.08. The molecule has 0 aromatic heterocycles. The molecule has 5 saturated heterocycles. The Balaban J connectivity index is 1.13. The van der Waals surface area contributed by atoms with Gasteiger partial charge in [0.15, 0.2) is 31.5 Å². The van der Waals surface area contributed by atoms with Crippen LogP contribution in [0.15, 0.2) is 47.6 Å². The van der Waals surface area contributed by atoms with Crippen LogP contribution in [0, 0.1) is 0 Å². The monoisotopic (exact) mass is 1100 g/mol. The van der Waals surface area contributed by atoms with Gasteiger partial charge in [-0.2, -0.15) is 0 Å². The van der Waals surface area contributed by atoms with E-state index in [1.54, 1.807) is 13.8 Å². The number of hydrogen-bond acceptors (Lipinski definition) is 26. The Labute approximate surface area is 441 Å². The maximum absolute atomic E-state index is 11.3. The van der Waals surface area contributed by atoms with Gasteiger partial charge in [-0.3, -0.25) is 0 Å². The molecule has 5 heterocycles. The van der Waals surface area contributed by atoms with Crippen LogP contribution in [0.2, 0.25) is 0 Å². The first kappa shape index (κ1) is 64.7. The quantitative estimate of drug-likeness (QED) is 0.0382. The third-order valence-corrected chi connectivity index (χ3v) is 14.5. The lowest BCUT2D eigenvalue weighted by Gasteiger charge is -2.47. The summed E-state index contributed by atoms with van der Waals surface area (Å²) in [5.41, 5.74) is 1.81.